The molecule has 1 saturated heterocycles. The first kappa shape index (κ1) is 66.1. The number of hydrogen-bond acceptors (Lipinski definition) is 11. The highest BCUT2D eigenvalue weighted by molar-refractivity contribution is 5.74. The van der Waals surface area contributed by atoms with Crippen LogP contribution >= 0.6 is 0 Å². The number of carbonyl (C=O) groups is 4. The lowest BCUT2D eigenvalue weighted by Gasteiger charge is -2.40. The summed E-state index contributed by atoms with van der Waals surface area (Å²) in [5, 5.41) is 31.3. The Morgan fingerprint density at radius 1 is 0.466 bits per heavy atom. The average Bonchev–Trinajstić information content (AvgIpc) is 3.37. The Balaban J connectivity index is 2.76. The molecule has 0 aromatic rings. The second-order valence-electron chi connectivity index (χ2n) is 18.1. The van der Waals surface area contributed by atoms with Crippen molar-refractivity contribution in [2.24, 2.45) is 0 Å². The number of ether oxygens (including phenoxy) is 5. The van der Waals surface area contributed by atoms with Gasteiger partial charge in [0.2, 0.25) is 0 Å². The molecule has 0 spiro atoms. The molecule has 0 aromatic heterocycles. The van der Waals surface area contributed by atoms with Crippen LogP contribution in [0.5, 0.6) is 0 Å². The van der Waals surface area contributed by atoms with E-state index in [1.165, 1.54) is 12.8 Å². The highest BCUT2D eigenvalue weighted by Crippen LogP contribution is 2.26. The van der Waals surface area contributed by atoms with Crippen LogP contribution in [-0.4, -0.2) is 89.2 Å². The van der Waals surface area contributed by atoms with Gasteiger partial charge in [0.1, 0.15) is 18.8 Å². The molecule has 0 saturated carbocycles. The molecule has 1 aliphatic rings. The van der Waals surface area contributed by atoms with Crippen LogP contribution in [-0.2, 0) is 42.9 Å². The summed E-state index contributed by atoms with van der Waals surface area (Å²) in [6, 6.07) is 0. The number of aliphatic carboxylic acids is 1. The first-order chi connectivity index (χ1) is 35.6. The summed E-state index contributed by atoms with van der Waals surface area (Å²) in [6.07, 6.45) is 53.4. The Bertz CT molecular complexity index is 1730. The third-order valence-electron chi connectivity index (χ3n) is 11.5. The molecule has 1 aliphatic heterocycles. The van der Waals surface area contributed by atoms with E-state index in [2.05, 4.69) is 124 Å². The summed E-state index contributed by atoms with van der Waals surface area (Å²) in [5.74, 6) is -3.30. The molecule has 0 amide bonds. The van der Waals surface area contributed by atoms with E-state index in [-0.39, 0.29) is 25.9 Å². The van der Waals surface area contributed by atoms with E-state index in [1.54, 1.807) is 0 Å². The fraction of sp³-hybridized carbons (Fsp3) is 0.607. The van der Waals surface area contributed by atoms with Crippen LogP contribution in [0.2, 0.25) is 0 Å². The van der Waals surface area contributed by atoms with Crippen molar-refractivity contribution < 1.29 is 58.2 Å². The summed E-state index contributed by atoms with van der Waals surface area (Å²) >= 11 is 0. The van der Waals surface area contributed by atoms with Crippen LogP contribution in [0.25, 0.3) is 0 Å². The SMILES string of the molecule is CC/C=C\C/C=C\C/C=C\C/C=C\C/C=C\CCCCCC(=O)OCC(COC1OC(C(=O)O)C(O)C(O)C1OC(=O)CC/C=C\C/C=C\C/C=C\C/C=C\CC)OC(=O)CCCCCCC/C=C\CCCC. The lowest BCUT2D eigenvalue weighted by Crippen LogP contribution is -2.61. The number of aliphatic hydroxyl groups excluding tert-OH is 2. The number of unbranched alkanes of at least 4 members (excludes halogenated alkanes) is 10. The minimum atomic E-state index is -1.94. The molecule has 6 atom stereocenters. The fourth-order valence-corrected chi connectivity index (χ4v) is 7.33. The zero-order valence-corrected chi connectivity index (χ0v) is 44.8. The quantitative estimate of drug-likeness (QED) is 0.0228. The van der Waals surface area contributed by atoms with Gasteiger partial charge in [0, 0.05) is 19.3 Å². The van der Waals surface area contributed by atoms with Gasteiger partial charge in [-0.1, -0.05) is 181 Å². The van der Waals surface area contributed by atoms with Gasteiger partial charge >= 0.3 is 23.9 Å². The van der Waals surface area contributed by atoms with Crippen molar-refractivity contribution >= 4 is 23.9 Å². The van der Waals surface area contributed by atoms with Gasteiger partial charge in [-0.2, -0.15) is 0 Å². The predicted octanol–water partition coefficient (Wildman–Crippen LogP) is 13.7. The third-order valence-corrected chi connectivity index (χ3v) is 11.5. The normalized spacial score (nSPS) is 19.3. The number of carbonyl (C=O) groups excluding carboxylic acids is 3. The van der Waals surface area contributed by atoms with Gasteiger partial charge in [-0.3, -0.25) is 14.4 Å². The average molecular weight is 1020 g/mol. The Kier molecular flexibility index (Phi) is 43.6. The molecule has 410 valence electrons. The molecular weight excluding hydrogens is 925 g/mol. The number of rotatable bonds is 44. The fourth-order valence-electron chi connectivity index (χ4n) is 7.33. The third kappa shape index (κ3) is 38.4. The second kappa shape index (κ2) is 48.1. The zero-order valence-electron chi connectivity index (χ0n) is 44.8. The number of aliphatic hydroxyl groups is 2. The van der Waals surface area contributed by atoms with Crippen LogP contribution in [0.15, 0.2) is 122 Å². The van der Waals surface area contributed by atoms with Gasteiger partial charge in [-0.05, 0) is 109 Å². The highest BCUT2D eigenvalue weighted by Gasteiger charge is 2.50. The largest absolute Gasteiger partial charge is 0.479 e. The Labute approximate surface area is 439 Å². The van der Waals surface area contributed by atoms with Gasteiger partial charge in [-0.15, -0.1) is 0 Å². The number of allylic oxidation sites excluding steroid dienone is 20. The summed E-state index contributed by atoms with van der Waals surface area (Å²) in [5.41, 5.74) is 0. The first-order valence-corrected chi connectivity index (χ1v) is 27.5. The van der Waals surface area contributed by atoms with Crippen LogP contribution < -0.4 is 0 Å². The number of hydrogen-bond donors (Lipinski definition) is 3. The van der Waals surface area contributed by atoms with E-state index in [1.807, 2.05) is 18.2 Å². The van der Waals surface area contributed by atoms with Gasteiger partial charge < -0.3 is 39.0 Å². The van der Waals surface area contributed by atoms with Crippen molar-refractivity contribution in [1.82, 2.24) is 0 Å². The maximum Gasteiger partial charge on any atom is 0.335 e. The zero-order chi connectivity index (χ0) is 53.3. The highest BCUT2D eigenvalue weighted by atomic mass is 16.7. The smallest absolute Gasteiger partial charge is 0.335 e. The van der Waals surface area contributed by atoms with Crippen molar-refractivity contribution in [3.63, 3.8) is 0 Å². The molecule has 3 N–H and O–H groups in total. The van der Waals surface area contributed by atoms with Gasteiger partial charge in [0.05, 0.1) is 6.61 Å². The molecule has 73 heavy (non-hydrogen) atoms. The number of carboxylic acids is 1. The molecule has 1 fully saturated rings. The Morgan fingerprint density at radius 2 is 0.890 bits per heavy atom. The van der Waals surface area contributed by atoms with E-state index in [4.69, 9.17) is 23.7 Å². The molecule has 12 heteroatoms. The van der Waals surface area contributed by atoms with Gasteiger partial charge in [-0.25, -0.2) is 4.79 Å². The topological polar surface area (TPSA) is 175 Å². The molecule has 6 unspecified atom stereocenters. The minimum absolute atomic E-state index is 0.0711. The monoisotopic (exact) mass is 1020 g/mol. The molecule has 0 aromatic carbocycles. The predicted molar refractivity (Wildman–Crippen MR) is 293 cm³/mol. The molecular formula is C61H94O12. The Hall–Kier alpha value is -4.88. The van der Waals surface area contributed by atoms with Crippen LogP contribution in [0.4, 0.5) is 0 Å². The maximum atomic E-state index is 13.1. The summed E-state index contributed by atoms with van der Waals surface area (Å²) in [6.45, 7) is 5.61. The van der Waals surface area contributed by atoms with Crippen molar-refractivity contribution in [2.45, 2.75) is 225 Å². The van der Waals surface area contributed by atoms with Crippen LogP contribution in [0.1, 0.15) is 188 Å². The number of carboxylic acid groups (broad SMARTS) is 1. The molecule has 12 nitrogen and oxygen atoms in total. The van der Waals surface area contributed by atoms with E-state index in [9.17, 15) is 34.5 Å². The van der Waals surface area contributed by atoms with Crippen molar-refractivity contribution in [1.29, 1.82) is 0 Å². The van der Waals surface area contributed by atoms with E-state index >= 15 is 0 Å². The summed E-state index contributed by atoms with van der Waals surface area (Å²) in [7, 11) is 0. The maximum absolute atomic E-state index is 13.1. The molecule has 1 heterocycles. The second-order valence-corrected chi connectivity index (χ2v) is 18.1. The lowest BCUT2D eigenvalue weighted by atomic mass is 9.98. The minimum Gasteiger partial charge on any atom is -0.479 e. The first-order valence-electron chi connectivity index (χ1n) is 27.5. The van der Waals surface area contributed by atoms with Gasteiger partial charge in [0.25, 0.3) is 0 Å². The lowest BCUT2D eigenvalue weighted by molar-refractivity contribution is -0.301. The van der Waals surface area contributed by atoms with E-state index in [0.29, 0.717) is 25.7 Å². The van der Waals surface area contributed by atoms with E-state index < -0.39 is 67.3 Å². The molecule has 1 rings (SSSR count). The van der Waals surface area contributed by atoms with Gasteiger partial charge in [0.15, 0.2) is 24.6 Å². The molecule has 0 radical (unpaired) electrons. The summed E-state index contributed by atoms with van der Waals surface area (Å²) < 4.78 is 28.2. The summed E-state index contributed by atoms with van der Waals surface area (Å²) in [4.78, 5) is 50.9. The van der Waals surface area contributed by atoms with Crippen LogP contribution in [0, 0.1) is 0 Å². The number of esters is 3. The van der Waals surface area contributed by atoms with Crippen molar-refractivity contribution in [2.75, 3.05) is 13.2 Å². The molecule has 0 bridgehead atoms. The van der Waals surface area contributed by atoms with Crippen LogP contribution in [0.3, 0.4) is 0 Å². The molecule has 0 aliphatic carbocycles. The van der Waals surface area contributed by atoms with E-state index in [0.717, 1.165) is 109 Å². The van der Waals surface area contributed by atoms with Crippen molar-refractivity contribution in [3.8, 4) is 0 Å². The Morgan fingerprint density at radius 3 is 1.40 bits per heavy atom. The standard InChI is InChI=1S/C61H94O12/c1-4-7-10-13-16-19-22-24-25-26-27-28-29-31-33-35-38-41-44-47-53(62)69-50-52(71-54(63)48-45-42-39-36-32-21-18-15-12-9-6-3)51-70-61-59(57(66)56(65)58(73-61)60(67)68)72-55(64)49-46-43-40-37-34-30-23-20-17-14-11-8-5-2/h7-8,10-11,15-20,24-25,27-28,30-31,33-34,40,43,52,56-59,61,65-66H,4-6,9,12-14,21-23,26,29,32,35-39,41-42,44-51H2,1-3H3,(H,67,68)/b10-7-,11-8-,18-15-,19-16-,20-17-,25-24-,28-27-,33-31-,34-30-,43-40-. The van der Waals surface area contributed by atoms with Crippen molar-refractivity contribution in [3.05, 3.63) is 122 Å².